The summed E-state index contributed by atoms with van der Waals surface area (Å²) in [5, 5.41) is 5.31. The Hall–Kier alpha value is -0.820. The molecule has 13 heavy (non-hydrogen) atoms. The van der Waals surface area contributed by atoms with Crippen molar-refractivity contribution in [1.29, 1.82) is 0 Å². The second kappa shape index (κ2) is 5.03. The van der Waals surface area contributed by atoms with Gasteiger partial charge in [-0.2, -0.15) is 0 Å². The summed E-state index contributed by atoms with van der Waals surface area (Å²) in [5.41, 5.74) is 5.64. The summed E-state index contributed by atoms with van der Waals surface area (Å²) in [5.74, 6) is 2.63. The fraction of sp³-hybridized carbons (Fsp3) is 0.400. The molecule has 0 bridgehead atoms. The molecule has 0 saturated heterocycles. The number of hydrogen-bond donors (Lipinski definition) is 2. The van der Waals surface area contributed by atoms with E-state index in [-0.39, 0.29) is 12.1 Å². The summed E-state index contributed by atoms with van der Waals surface area (Å²) in [7, 11) is 0. The van der Waals surface area contributed by atoms with Crippen molar-refractivity contribution in [1.82, 2.24) is 5.32 Å². The monoisotopic (exact) mass is 194 g/mol. The molecule has 2 unspecified atom stereocenters. The molecule has 2 atom stereocenters. The maximum Gasteiger partial charge on any atom is 0.0663 e. The van der Waals surface area contributed by atoms with Gasteiger partial charge in [-0.1, -0.05) is 12.0 Å². The van der Waals surface area contributed by atoms with Crippen molar-refractivity contribution in [3.05, 3.63) is 22.4 Å². The van der Waals surface area contributed by atoms with Crippen LogP contribution in [0.1, 0.15) is 17.8 Å². The molecule has 0 aliphatic rings. The Kier molecular flexibility index (Phi) is 3.97. The van der Waals surface area contributed by atoms with Crippen molar-refractivity contribution in [2.75, 3.05) is 6.54 Å². The van der Waals surface area contributed by atoms with E-state index in [2.05, 4.69) is 17.3 Å². The Morgan fingerprint density at radius 2 is 2.54 bits per heavy atom. The van der Waals surface area contributed by atoms with Crippen LogP contribution < -0.4 is 11.1 Å². The largest absolute Gasteiger partial charge is 0.329 e. The van der Waals surface area contributed by atoms with Crippen LogP contribution in [0.5, 0.6) is 0 Å². The Morgan fingerprint density at radius 1 is 1.77 bits per heavy atom. The first-order valence-corrected chi connectivity index (χ1v) is 5.11. The number of terminal acetylenes is 1. The van der Waals surface area contributed by atoms with Gasteiger partial charge in [-0.25, -0.2) is 0 Å². The minimum atomic E-state index is 0.0654. The van der Waals surface area contributed by atoms with E-state index in [4.69, 9.17) is 12.2 Å². The lowest BCUT2D eigenvalue weighted by Crippen LogP contribution is -2.33. The molecule has 3 N–H and O–H groups in total. The lowest BCUT2D eigenvalue weighted by molar-refractivity contribution is 0.525. The van der Waals surface area contributed by atoms with E-state index >= 15 is 0 Å². The average molecular weight is 194 g/mol. The number of hydrogen-bond acceptors (Lipinski definition) is 3. The summed E-state index contributed by atoms with van der Waals surface area (Å²) in [4.78, 5) is 1.24. The summed E-state index contributed by atoms with van der Waals surface area (Å²) >= 11 is 1.70. The van der Waals surface area contributed by atoms with Crippen LogP contribution in [0.15, 0.2) is 17.5 Å². The maximum absolute atomic E-state index is 5.64. The van der Waals surface area contributed by atoms with Crippen molar-refractivity contribution < 1.29 is 0 Å². The van der Waals surface area contributed by atoms with Crippen LogP contribution >= 0.6 is 11.3 Å². The molecule has 0 saturated carbocycles. The SMILES string of the molecule is C#CC(C)NC(CN)c1cccs1. The standard InChI is InChI=1S/C10H14N2S/c1-3-8(2)12-9(7-11)10-5-4-6-13-10/h1,4-6,8-9,12H,7,11H2,2H3. The number of nitrogens with two attached hydrogens (primary N) is 1. The molecule has 1 rings (SSSR count). The van der Waals surface area contributed by atoms with E-state index < -0.39 is 0 Å². The van der Waals surface area contributed by atoms with E-state index in [1.54, 1.807) is 11.3 Å². The van der Waals surface area contributed by atoms with Gasteiger partial charge in [0, 0.05) is 11.4 Å². The van der Waals surface area contributed by atoms with Gasteiger partial charge in [-0.3, -0.25) is 5.32 Å². The van der Waals surface area contributed by atoms with Gasteiger partial charge >= 0.3 is 0 Å². The predicted molar refractivity (Wildman–Crippen MR) is 57.5 cm³/mol. The first-order chi connectivity index (χ1) is 6.27. The van der Waals surface area contributed by atoms with Gasteiger partial charge in [-0.15, -0.1) is 17.8 Å². The van der Waals surface area contributed by atoms with Crippen molar-refractivity contribution in [3.63, 3.8) is 0 Å². The minimum Gasteiger partial charge on any atom is -0.329 e. The van der Waals surface area contributed by atoms with Crippen LogP contribution in [-0.4, -0.2) is 12.6 Å². The Balaban J connectivity index is 2.60. The van der Waals surface area contributed by atoms with E-state index in [1.165, 1.54) is 4.88 Å². The zero-order chi connectivity index (χ0) is 9.68. The lowest BCUT2D eigenvalue weighted by atomic mass is 10.2. The molecule has 2 nitrogen and oxygen atoms in total. The van der Waals surface area contributed by atoms with Crippen molar-refractivity contribution >= 4 is 11.3 Å². The second-order valence-corrected chi connectivity index (χ2v) is 3.84. The maximum atomic E-state index is 5.64. The summed E-state index contributed by atoms with van der Waals surface area (Å²) < 4.78 is 0. The highest BCUT2D eigenvalue weighted by atomic mass is 32.1. The smallest absolute Gasteiger partial charge is 0.0663 e. The quantitative estimate of drug-likeness (QED) is 0.710. The molecule has 0 aromatic carbocycles. The average Bonchev–Trinajstić information content (AvgIpc) is 2.66. The number of thiophene rings is 1. The van der Waals surface area contributed by atoms with Gasteiger partial charge in [-0.05, 0) is 18.4 Å². The van der Waals surface area contributed by atoms with Gasteiger partial charge in [0.05, 0.1) is 12.1 Å². The highest BCUT2D eigenvalue weighted by molar-refractivity contribution is 7.10. The van der Waals surface area contributed by atoms with E-state index in [9.17, 15) is 0 Å². The van der Waals surface area contributed by atoms with Gasteiger partial charge < -0.3 is 5.73 Å². The third-order valence-corrected chi connectivity index (χ3v) is 2.81. The Labute approximate surface area is 83.2 Å². The molecule has 1 aromatic heterocycles. The first-order valence-electron chi connectivity index (χ1n) is 4.23. The highest BCUT2D eigenvalue weighted by Gasteiger charge is 2.11. The molecule has 3 heteroatoms. The topological polar surface area (TPSA) is 38.0 Å². The van der Waals surface area contributed by atoms with Gasteiger partial charge in [0.2, 0.25) is 0 Å². The van der Waals surface area contributed by atoms with Crippen molar-refractivity contribution in [2.24, 2.45) is 5.73 Å². The van der Waals surface area contributed by atoms with Gasteiger partial charge in [0.1, 0.15) is 0 Å². The molecule has 0 spiro atoms. The van der Waals surface area contributed by atoms with Crippen LogP contribution in [0.4, 0.5) is 0 Å². The molecular formula is C10H14N2S. The molecule has 70 valence electrons. The minimum absolute atomic E-state index is 0.0654. The second-order valence-electron chi connectivity index (χ2n) is 2.86. The van der Waals surface area contributed by atoms with E-state index in [1.807, 2.05) is 18.4 Å². The molecule has 0 aliphatic carbocycles. The van der Waals surface area contributed by atoms with Crippen LogP contribution in [0.3, 0.4) is 0 Å². The number of nitrogens with one attached hydrogen (secondary N) is 1. The lowest BCUT2D eigenvalue weighted by Gasteiger charge is -2.17. The normalized spacial score (nSPS) is 14.8. The van der Waals surface area contributed by atoms with Crippen LogP contribution in [0, 0.1) is 12.3 Å². The molecular weight excluding hydrogens is 180 g/mol. The third kappa shape index (κ3) is 2.85. The fourth-order valence-corrected chi connectivity index (χ4v) is 1.91. The predicted octanol–water partition coefficient (Wildman–Crippen LogP) is 1.36. The van der Waals surface area contributed by atoms with E-state index in [0.717, 1.165) is 0 Å². The Bertz CT molecular complexity index is 274. The van der Waals surface area contributed by atoms with Crippen LogP contribution in [-0.2, 0) is 0 Å². The molecule has 1 aromatic rings. The molecule has 1 heterocycles. The molecule has 0 aliphatic heterocycles. The van der Waals surface area contributed by atoms with Gasteiger partial charge in [0.15, 0.2) is 0 Å². The molecule has 0 amide bonds. The molecule has 0 fully saturated rings. The Morgan fingerprint density at radius 3 is 3.00 bits per heavy atom. The third-order valence-electron chi connectivity index (χ3n) is 1.82. The highest BCUT2D eigenvalue weighted by Crippen LogP contribution is 2.18. The van der Waals surface area contributed by atoms with Crippen molar-refractivity contribution in [3.8, 4) is 12.3 Å². The fourth-order valence-electron chi connectivity index (χ4n) is 1.11. The molecule has 0 radical (unpaired) electrons. The van der Waals surface area contributed by atoms with Gasteiger partial charge in [0.25, 0.3) is 0 Å². The van der Waals surface area contributed by atoms with E-state index in [0.29, 0.717) is 6.54 Å². The summed E-state index contributed by atoms with van der Waals surface area (Å²) in [6.45, 7) is 2.53. The first kappa shape index (κ1) is 10.3. The zero-order valence-corrected chi connectivity index (χ0v) is 8.47. The van der Waals surface area contributed by atoms with Crippen LogP contribution in [0.25, 0.3) is 0 Å². The summed E-state index contributed by atoms with van der Waals surface area (Å²) in [6.07, 6.45) is 5.28. The summed E-state index contributed by atoms with van der Waals surface area (Å²) in [6, 6.07) is 4.34. The zero-order valence-electron chi connectivity index (χ0n) is 7.66. The van der Waals surface area contributed by atoms with Crippen LogP contribution in [0.2, 0.25) is 0 Å². The number of rotatable bonds is 4. The van der Waals surface area contributed by atoms with Crippen molar-refractivity contribution in [2.45, 2.75) is 19.0 Å².